The Balaban J connectivity index is 2.14. The van der Waals surface area contributed by atoms with E-state index in [1.165, 1.54) is 7.11 Å². The molecule has 0 saturated carbocycles. The van der Waals surface area contributed by atoms with Gasteiger partial charge in [0.25, 0.3) is 0 Å². The Labute approximate surface area is 82.6 Å². The van der Waals surface area contributed by atoms with Crippen molar-refractivity contribution in [1.29, 1.82) is 0 Å². The van der Waals surface area contributed by atoms with Gasteiger partial charge in [0.1, 0.15) is 5.75 Å². The normalized spacial score (nSPS) is 18.5. The number of carbonyl (C=O) groups excluding carboxylic acids is 1. The first-order valence-corrected chi connectivity index (χ1v) is 4.60. The maximum Gasteiger partial charge on any atom is 0.306 e. The molecule has 1 atom stereocenters. The number of methoxy groups -OCH3 is 1. The standard InChI is InChI=1S/C11H12O3/c1-13-11(12)6-8-7-14-10-5-3-2-4-9(8)10/h2-5,8H,6-7H2,1H3/t8-/m1/s1. The fourth-order valence-corrected chi connectivity index (χ4v) is 1.68. The Morgan fingerprint density at radius 3 is 3.14 bits per heavy atom. The average Bonchev–Trinajstić information content (AvgIpc) is 2.62. The van der Waals surface area contributed by atoms with Crippen molar-refractivity contribution in [3.63, 3.8) is 0 Å². The zero-order chi connectivity index (χ0) is 9.97. The van der Waals surface area contributed by atoms with Crippen LogP contribution in [-0.4, -0.2) is 19.7 Å². The molecule has 0 aromatic heterocycles. The van der Waals surface area contributed by atoms with Crippen molar-refractivity contribution in [2.24, 2.45) is 0 Å². The second kappa shape index (κ2) is 3.70. The number of hydrogen-bond acceptors (Lipinski definition) is 3. The van der Waals surface area contributed by atoms with Crippen LogP contribution < -0.4 is 4.74 Å². The van der Waals surface area contributed by atoms with E-state index in [2.05, 4.69) is 4.74 Å². The van der Waals surface area contributed by atoms with Crippen molar-refractivity contribution in [3.8, 4) is 5.75 Å². The third-order valence-corrected chi connectivity index (χ3v) is 2.44. The van der Waals surface area contributed by atoms with Gasteiger partial charge in [-0.3, -0.25) is 4.79 Å². The van der Waals surface area contributed by atoms with Gasteiger partial charge in [-0.1, -0.05) is 18.2 Å². The van der Waals surface area contributed by atoms with Crippen LogP contribution in [0, 0.1) is 0 Å². The molecule has 0 amide bonds. The Morgan fingerprint density at radius 1 is 1.57 bits per heavy atom. The molecular formula is C11H12O3. The maximum atomic E-state index is 11.1. The van der Waals surface area contributed by atoms with Crippen LogP contribution >= 0.6 is 0 Å². The van der Waals surface area contributed by atoms with Crippen LogP contribution in [0.15, 0.2) is 24.3 Å². The maximum absolute atomic E-state index is 11.1. The average molecular weight is 192 g/mol. The van der Waals surface area contributed by atoms with Crippen LogP contribution in [-0.2, 0) is 9.53 Å². The number of ether oxygens (including phenoxy) is 2. The molecule has 0 radical (unpaired) electrons. The van der Waals surface area contributed by atoms with Gasteiger partial charge in [0.2, 0.25) is 0 Å². The predicted octanol–water partition coefficient (Wildman–Crippen LogP) is 1.73. The van der Waals surface area contributed by atoms with Crippen molar-refractivity contribution in [1.82, 2.24) is 0 Å². The molecule has 0 unspecified atom stereocenters. The minimum absolute atomic E-state index is 0.152. The topological polar surface area (TPSA) is 35.5 Å². The molecule has 1 aromatic rings. The molecule has 74 valence electrons. The van der Waals surface area contributed by atoms with Crippen LogP contribution in [0.4, 0.5) is 0 Å². The Kier molecular flexibility index (Phi) is 2.39. The zero-order valence-electron chi connectivity index (χ0n) is 8.03. The van der Waals surface area contributed by atoms with Gasteiger partial charge in [0, 0.05) is 11.5 Å². The highest BCUT2D eigenvalue weighted by molar-refractivity contribution is 5.70. The highest BCUT2D eigenvalue weighted by Gasteiger charge is 2.25. The summed E-state index contributed by atoms with van der Waals surface area (Å²) < 4.78 is 10.1. The molecule has 1 aromatic carbocycles. The molecule has 0 N–H and O–H groups in total. The molecule has 0 saturated heterocycles. The number of carbonyl (C=O) groups is 1. The summed E-state index contributed by atoms with van der Waals surface area (Å²) in [5, 5.41) is 0. The monoisotopic (exact) mass is 192 g/mol. The van der Waals surface area contributed by atoms with Crippen LogP contribution in [0.25, 0.3) is 0 Å². The number of rotatable bonds is 2. The van der Waals surface area contributed by atoms with Crippen LogP contribution in [0.5, 0.6) is 5.75 Å². The lowest BCUT2D eigenvalue weighted by molar-refractivity contribution is -0.141. The van der Waals surface area contributed by atoms with E-state index < -0.39 is 0 Å². The zero-order valence-corrected chi connectivity index (χ0v) is 8.03. The first-order valence-electron chi connectivity index (χ1n) is 4.60. The lowest BCUT2D eigenvalue weighted by Crippen LogP contribution is -2.09. The van der Waals surface area contributed by atoms with Crippen LogP contribution in [0.2, 0.25) is 0 Å². The molecule has 0 fully saturated rings. The molecule has 0 spiro atoms. The highest BCUT2D eigenvalue weighted by atomic mass is 16.5. The Hall–Kier alpha value is -1.51. The van der Waals surface area contributed by atoms with E-state index in [1.54, 1.807) is 0 Å². The quantitative estimate of drug-likeness (QED) is 0.669. The van der Waals surface area contributed by atoms with Gasteiger partial charge in [0.15, 0.2) is 0 Å². The minimum atomic E-state index is -0.185. The van der Waals surface area contributed by atoms with E-state index in [9.17, 15) is 4.79 Å². The summed E-state index contributed by atoms with van der Waals surface area (Å²) in [5.74, 6) is 0.857. The molecule has 3 nitrogen and oxygen atoms in total. The van der Waals surface area contributed by atoms with Crippen molar-refractivity contribution < 1.29 is 14.3 Å². The molecule has 1 aliphatic rings. The van der Waals surface area contributed by atoms with E-state index in [-0.39, 0.29) is 11.9 Å². The summed E-state index contributed by atoms with van der Waals surface area (Å²) in [6, 6.07) is 7.81. The van der Waals surface area contributed by atoms with Crippen molar-refractivity contribution >= 4 is 5.97 Å². The number of benzene rings is 1. The second-order valence-electron chi connectivity index (χ2n) is 3.33. The number of hydrogen-bond donors (Lipinski definition) is 0. The molecule has 14 heavy (non-hydrogen) atoms. The number of fused-ring (bicyclic) bond motifs is 1. The molecular weight excluding hydrogens is 180 g/mol. The number of esters is 1. The fraction of sp³-hybridized carbons (Fsp3) is 0.364. The van der Waals surface area contributed by atoms with Gasteiger partial charge in [0.05, 0.1) is 20.1 Å². The van der Waals surface area contributed by atoms with Crippen LogP contribution in [0.3, 0.4) is 0 Å². The molecule has 2 rings (SSSR count). The largest absolute Gasteiger partial charge is 0.493 e. The second-order valence-corrected chi connectivity index (χ2v) is 3.33. The van der Waals surface area contributed by atoms with E-state index in [0.29, 0.717) is 13.0 Å². The first-order chi connectivity index (χ1) is 6.81. The van der Waals surface area contributed by atoms with E-state index >= 15 is 0 Å². The van der Waals surface area contributed by atoms with E-state index in [4.69, 9.17) is 4.74 Å². The van der Waals surface area contributed by atoms with Gasteiger partial charge in [-0.05, 0) is 6.07 Å². The Morgan fingerprint density at radius 2 is 2.36 bits per heavy atom. The van der Waals surface area contributed by atoms with Gasteiger partial charge in [-0.25, -0.2) is 0 Å². The van der Waals surface area contributed by atoms with Gasteiger partial charge >= 0.3 is 5.97 Å². The van der Waals surface area contributed by atoms with Gasteiger partial charge in [-0.2, -0.15) is 0 Å². The lowest BCUT2D eigenvalue weighted by atomic mass is 9.98. The Bertz CT molecular complexity index is 346. The van der Waals surface area contributed by atoms with Gasteiger partial charge in [-0.15, -0.1) is 0 Å². The first kappa shape index (κ1) is 9.06. The van der Waals surface area contributed by atoms with Gasteiger partial charge < -0.3 is 9.47 Å². The van der Waals surface area contributed by atoms with E-state index in [1.807, 2.05) is 24.3 Å². The number of para-hydroxylation sites is 1. The molecule has 1 heterocycles. The summed E-state index contributed by atoms with van der Waals surface area (Å²) in [6.45, 7) is 0.578. The lowest BCUT2D eigenvalue weighted by Gasteiger charge is -2.05. The van der Waals surface area contributed by atoms with Crippen molar-refractivity contribution in [2.45, 2.75) is 12.3 Å². The van der Waals surface area contributed by atoms with Crippen LogP contribution in [0.1, 0.15) is 17.9 Å². The smallest absolute Gasteiger partial charge is 0.306 e. The third-order valence-electron chi connectivity index (χ3n) is 2.44. The molecule has 0 aliphatic carbocycles. The SMILES string of the molecule is COC(=O)C[C@@H]1COc2ccccc21. The van der Waals surface area contributed by atoms with E-state index in [0.717, 1.165) is 11.3 Å². The summed E-state index contributed by atoms with van der Waals surface area (Å²) in [5.41, 5.74) is 1.11. The summed E-state index contributed by atoms with van der Waals surface area (Å²) in [6.07, 6.45) is 0.396. The highest BCUT2D eigenvalue weighted by Crippen LogP contribution is 2.35. The minimum Gasteiger partial charge on any atom is -0.493 e. The molecule has 1 aliphatic heterocycles. The fourth-order valence-electron chi connectivity index (χ4n) is 1.68. The predicted molar refractivity (Wildman–Crippen MR) is 51.3 cm³/mol. The molecule has 0 bridgehead atoms. The summed E-state index contributed by atoms with van der Waals surface area (Å²) in [4.78, 5) is 11.1. The summed E-state index contributed by atoms with van der Waals surface area (Å²) in [7, 11) is 1.41. The van der Waals surface area contributed by atoms with Crippen molar-refractivity contribution in [2.75, 3.05) is 13.7 Å². The summed E-state index contributed by atoms with van der Waals surface area (Å²) >= 11 is 0. The molecule has 3 heteroatoms. The van der Waals surface area contributed by atoms with Crippen molar-refractivity contribution in [3.05, 3.63) is 29.8 Å². The third kappa shape index (κ3) is 1.58.